The van der Waals surface area contributed by atoms with Crippen LogP contribution in [0.2, 0.25) is 4.82 Å². The third-order valence-electron chi connectivity index (χ3n) is 2.60. The van der Waals surface area contributed by atoms with Crippen molar-refractivity contribution in [2.45, 2.75) is 43.8 Å². The van der Waals surface area contributed by atoms with Crippen molar-refractivity contribution in [3.63, 3.8) is 0 Å². The quantitative estimate of drug-likeness (QED) is 0.504. The molecular weight excluding hydrogens is 266 g/mol. The van der Waals surface area contributed by atoms with E-state index in [1.54, 1.807) is 0 Å². The van der Waals surface area contributed by atoms with Gasteiger partial charge in [0.05, 0.1) is 0 Å². The van der Waals surface area contributed by atoms with Gasteiger partial charge in [0.2, 0.25) is 0 Å². The Hall–Kier alpha value is -0.331. The van der Waals surface area contributed by atoms with Crippen molar-refractivity contribution in [1.29, 1.82) is 0 Å². The molecular formula is C14H21FSe. The van der Waals surface area contributed by atoms with Crippen LogP contribution in [0.3, 0.4) is 0 Å². The fourth-order valence-electron chi connectivity index (χ4n) is 1.66. The summed E-state index contributed by atoms with van der Waals surface area (Å²) in [5.41, 5.74) is 0. The summed E-state index contributed by atoms with van der Waals surface area (Å²) in [6.07, 6.45) is 6.06. The van der Waals surface area contributed by atoms with Gasteiger partial charge in [0.1, 0.15) is 0 Å². The molecule has 0 aliphatic heterocycles. The molecule has 2 heteroatoms. The molecule has 0 saturated carbocycles. The van der Waals surface area contributed by atoms with Gasteiger partial charge in [0.25, 0.3) is 0 Å². The van der Waals surface area contributed by atoms with Gasteiger partial charge in [-0.15, -0.1) is 0 Å². The van der Waals surface area contributed by atoms with Crippen molar-refractivity contribution in [1.82, 2.24) is 0 Å². The summed E-state index contributed by atoms with van der Waals surface area (Å²) >= 11 is 0.308. The summed E-state index contributed by atoms with van der Waals surface area (Å²) in [4.78, 5) is 0.284. The van der Waals surface area contributed by atoms with Crippen molar-refractivity contribution in [2.24, 2.45) is 0 Å². The minimum atomic E-state index is -0.152. The maximum atomic E-state index is 12.9. The molecule has 0 heterocycles. The molecule has 0 spiro atoms. The molecule has 16 heavy (non-hydrogen) atoms. The summed E-state index contributed by atoms with van der Waals surface area (Å²) in [5.74, 6) is 0. The van der Waals surface area contributed by atoms with Crippen molar-refractivity contribution in [2.75, 3.05) is 6.67 Å². The van der Waals surface area contributed by atoms with E-state index in [2.05, 4.69) is 19.1 Å². The number of alkyl halides is 1. The van der Waals surface area contributed by atoms with Crippen LogP contribution in [0, 0.1) is 0 Å². The predicted molar refractivity (Wildman–Crippen MR) is 70.3 cm³/mol. The topological polar surface area (TPSA) is 0 Å². The van der Waals surface area contributed by atoms with Crippen molar-refractivity contribution in [3.05, 3.63) is 30.3 Å². The molecule has 1 unspecified atom stereocenters. The molecule has 0 saturated heterocycles. The second-order valence-electron chi connectivity index (χ2n) is 4.06. The van der Waals surface area contributed by atoms with Gasteiger partial charge in [-0.1, -0.05) is 0 Å². The SMILES string of the molecule is CCCCCCC(CF)[Se]c1ccccc1. The predicted octanol–water partition coefficient (Wildman–Crippen LogP) is 3.74. The first-order chi connectivity index (χ1) is 7.86. The van der Waals surface area contributed by atoms with Gasteiger partial charge in [-0.25, -0.2) is 0 Å². The summed E-state index contributed by atoms with van der Waals surface area (Å²) < 4.78 is 14.2. The molecule has 0 N–H and O–H groups in total. The average Bonchev–Trinajstić information content (AvgIpc) is 2.34. The van der Waals surface area contributed by atoms with Crippen LogP contribution < -0.4 is 4.46 Å². The first-order valence-corrected chi connectivity index (χ1v) is 7.99. The second-order valence-corrected chi connectivity index (χ2v) is 6.94. The number of unbranched alkanes of at least 4 members (excludes halogenated alkanes) is 3. The van der Waals surface area contributed by atoms with Gasteiger partial charge < -0.3 is 0 Å². The fraction of sp³-hybridized carbons (Fsp3) is 0.571. The number of halogens is 1. The van der Waals surface area contributed by atoms with E-state index >= 15 is 0 Å². The molecule has 1 aromatic carbocycles. The molecule has 1 rings (SSSR count). The average molecular weight is 287 g/mol. The van der Waals surface area contributed by atoms with E-state index < -0.39 is 0 Å². The summed E-state index contributed by atoms with van der Waals surface area (Å²) in [6, 6.07) is 10.3. The van der Waals surface area contributed by atoms with Crippen LogP contribution in [-0.2, 0) is 0 Å². The molecule has 0 aliphatic carbocycles. The summed E-state index contributed by atoms with van der Waals surface area (Å²) in [7, 11) is 0. The van der Waals surface area contributed by atoms with Crippen LogP contribution in [0.5, 0.6) is 0 Å². The Kier molecular flexibility index (Phi) is 7.54. The Balaban J connectivity index is 2.26. The van der Waals surface area contributed by atoms with Gasteiger partial charge >= 0.3 is 105 Å². The van der Waals surface area contributed by atoms with E-state index in [1.807, 2.05) is 18.2 Å². The van der Waals surface area contributed by atoms with Gasteiger partial charge in [-0.05, 0) is 0 Å². The zero-order chi connectivity index (χ0) is 11.6. The van der Waals surface area contributed by atoms with Crippen molar-refractivity contribution >= 4 is 19.4 Å². The van der Waals surface area contributed by atoms with Gasteiger partial charge in [0, 0.05) is 0 Å². The monoisotopic (exact) mass is 288 g/mol. The van der Waals surface area contributed by atoms with Crippen molar-refractivity contribution in [3.8, 4) is 0 Å². The molecule has 0 radical (unpaired) electrons. The van der Waals surface area contributed by atoms with Crippen LogP contribution in [0.4, 0.5) is 4.39 Å². The number of hydrogen-bond acceptors (Lipinski definition) is 0. The first-order valence-electron chi connectivity index (χ1n) is 6.14. The molecule has 1 aromatic rings. The van der Waals surface area contributed by atoms with E-state index in [-0.39, 0.29) is 11.5 Å². The zero-order valence-corrected chi connectivity index (χ0v) is 11.7. The first kappa shape index (κ1) is 13.7. The standard InChI is InChI=1S/C14H21FSe/c1-2-3-4-6-11-14(12-15)16-13-9-7-5-8-10-13/h5,7-10,14H,2-4,6,11-12H2,1H3. The van der Waals surface area contributed by atoms with Gasteiger partial charge in [-0.3, -0.25) is 0 Å². The van der Waals surface area contributed by atoms with E-state index in [4.69, 9.17) is 0 Å². The number of rotatable bonds is 8. The Morgan fingerprint density at radius 3 is 2.50 bits per heavy atom. The third kappa shape index (κ3) is 5.67. The Labute approximate surface area is 105 Å². The van der Waals surface area contributed by atoms with Gasteiger partial charge in [-0.2, -0.15) is 0 Å². The van der Waals surface area contributed by atoms with Crippen molar-refractivity contribution < 1.29 is 4.39 Å². The van der Waals surface area contributed by atoms with Crippen LogP contribution >= 0.6 is 0 Å². The molecule has 0 aliphatic rings. The maximum absolute atomic E-state index is 12.9. The molecule has 90 valence electrons. The fourth-order valence-corrected chi connectivity index (χ4v) is 3.85. The van der Waals surface area contributed by atoms with E-state index in [0.717, 1.165) is 6.42 Å². The Bertz CT molecular complexity index is 261. The van der Waals surface area contributed by atoms with Crippen LogP contribution in [-0.4, -0.2) is 21.6 Å². The molecule has 0 nitrogen and oxygen atoms in total. The van der Waals surface area contributed by atoms with Crippen LogP contribution in [0.15, 0.2) is 30.3 Å². The normalized spacial score (nSPS) is 12.6. The Morgan fingerprint density at radius 1 is 1.12 bits per heavy atom. The number of hydrogen-bond donors (Lipinski definition) is 0. The Morgan fingerprint density at radius 2 is 1.88 bits per heavy atom. The zero-order valence-electron chi connectivity index (χ0n) is 9.99. The molecule has 0 fully saturated rings. The van der Waals surface area contributed by atoms with E-state index in [0.29, 0.717) is 15.0 Å². The van der Waals surface area contributed by atoms with E-state index in [9.17, 15) is 4.39 Å². The third-order valence-corrected chi connectivity index (χ3v) is 5.20. The van der Waals surface area contributed by atoms with Crippen LogP contribution in [0.1, 0.15) is 39.0 Å². The van der Waals surface area contributed by atoms with Crippen LogP contribution in [0.25, 0.3) is 0 Å². The summed E-state index contributed by atoms with van der Waals surface area (Å²) in [6.45, 7) is 2.06. The number of benzene rings is 1. The van der Waals surface area contributed by atoms with E-state index in [1.165, 1.54) is 30.1 Å². The second kappa shape index (κ2) is 8.78. The molecule has 0 amide bonds. The molecule has 0 bridgehead atoms. The molecule has 1 atom stereocenters. The molecule has 0 aromatic heterocycles. The summed E-state index contributed by atoms with van der Waals surface area (Å²) in [5, 5.41) is 0. The van der Waals surface area contributed by atoms with Gasteiger partial charge in [0.15, 0.2) is 0 Å². The minimum absolute atomic E-state index is 0.152.